The number of pyridine rings is 1. The van der Waals surface area contributed by atoms with Gasteiger partial charge in [0.1, 0.15) is 0 Å². The van der Waals surface area contributed by atoms with Gasteiger partial charge in [0.15, 0.2) is 0 Å². The minimum Gasteiger partial charge on any atom is -0.336 e. The highest BCUT2D eigenvalue weighted by Crippen LogP contribution is 1.84. The lowest BCUT2D eigenvalue weighted by Gasteiger charge is -2.07. The molecule has 2 aromatic heterocycles. The van der Waals surface area contributed by atoms with Crippen LogP contribution >= 0.6 is 0 Å². The quantitative estimate of drug-likeness (QED) is 0.730. The number of hydrogen-bond donors (Lipinski definition) is 1. The maximum atomic E-state index is 11.4. The summed E-state index contributed by atoms with van der Waals surface area (Å²) < 4.78 is 3.71. The molecule has 0 spiro atoms. The molecule has 1 N–H and O–H groups in total. The van der Waals surface area contributed by atoms with Crippen LogP contribution in [0.25, 0.3) is 0 Å². The van der Waals surface area contributed by atoms with Gasteiger partial charge in [-0.15, -0.1) is 0 Å². The van der Waals surface area contributed by atoms with Crippen LogP contribution in [0.15, 0.2) is 47.9 Å². The van der Waals surface area contributed by atoms with Gasteiger partial charge in [0.05, 0.1) is 6.33 Å². The largest absolute Gasteiger partial charge is 0.336 e. The molecule has 5 nitrogen and oxygen atoms in total. The summed E-state index contributed by atoms with van der Waals surface area (Å²) in [7, 11) is 0. The number of hydrogen-bond acceptors (Lipinski definition) is 3. The molecule has 0 fully saturated rings. The molecule has 0 aliphatic heterocycles. The first-order chi connectivity index (χ1) is 8.36. The van der Waals surface area contributed by atoms with Crippen molar-refractivity contribution < 1.29 is 0 Å². The molecule has 0 atom stereocenters. The van der Waals surface area contributed by atoms with Crippen LogP contribution in [0.2, 0.25) is 0 Å². The summed E-state index contributed by atoms with van der Waals surface area (Å²) in [6, 6.07) is 5.20. The first kappa shape index (κ1) is 11.6. The molecule has 17 heavy (non-hydrogen) atoms. The third-order valence-electron chi connectivity index (χ3n) is 2.53. The number of nitrogens with one attached hydrogen (secondary N) is 1. The second kappa shape index (κ2) is 6.00. The molecule has 2 rings (SSSR count). The summed E-state index contributed by atoms with van der Waals surface area (Å²) in [5.41, 5.74) is 0.0453. The van der Waals surface area contributed by atoms with Crippen LogP contribution in [0.3, 0.4) is 0 Å². The Balaban J connectivity index is 1.67. The van der Waals surface area contributed by atoms with Gasteiger partial charge in [-0.2, -0.15) is 0 Å². The molecule has 0 amide bonds. The minimum absolute atomic E-state index is 0.0453. The standard InChI is InChI=1S/C12H16N4O/c17-12-3-1-2-7-16(12)10-6-13-4-8-15-9-5-14-11-15/h1-3,5,7,9,11,13H,4,6,8,10H2. The van der Waals surface area contributed by atoms with Gasteiger partial charge in [-0.25, -0.2) is 4.98 Å². The Hall–Kier alpha value is -1.88. The maximum absolute atomic E-state index is 11.4. The predicted octanol–water partition coefficient (Wildman–Crippen LogP) is 0.335. The molecular formula is C12H16N4O. The number of rotatable bonds is 6. The van der Waals surface area contributed by atoms with Gasteiger partial charge in [-0.05, 0) is 6.07 Å². The van der Waals surface area contributed by atoms with Crippen molar-refractivity contribution in [1.82, 2.24) is 19.4 Å². The van der Waals surface area contributed by atoms with Crippen molar-refractivity contribution in [3.8, 4) is 0 Å². The van der Waals surface area contributed by atoms with Crippen LogP contribution in [0, 0.1) is 0 Å². The summed E-state index contributed by atoms with van der Waals surface area (Å²) in [6.07, 6.45) is 7.30. The van der Waals surface area contributed by atoms with E-state index >= 15 is 0 Å². The summed E-state index contributed by atoms with van der Waals surface area (Å²) in [4.78, 5) is 15.4. The lowest BCUT2D eigenvalue weighted by molar-refractivity contribution is 0.550. The van der Waals surface area contributed by atoms with Crippen molar-refractivity contribution in [3.63, 3.8) is 0 Å². The molecule has 0 unspecified atom stereocenters. The van der Waals surface area contributed by atoms with E-state index in [4.69, 9.17) is 0 Å². The second-order valence-corrected chi connectivity index (χ2v) is 3.78. The molecule has 2 heterocycles. The first-order valence-electron chi connectivity index (χ1n) is 5.68. The Morgan fingerprint density at radius 3 is 2.82 bits per heavy atom. The summed E-state index contributed by atoms with van der Waals surface area (Å²) in [5.74, 6) is 0. The Bertz CT molecular complexity index is 489. The Morgan fingerprint density at radius 1 is 1.18 bits per heavy atom. The molecule has 2 aromatic rings. The van der Waals surface area contributed by atoms with E-state index in [1.165, 1.54) is 0 Å². The zero-order valence-corrected chi connectivity index (χ0v) is 9.62. The Labute approximate surface area is 99.7 Å². The highest BCUT2D eigenvalue weighted by Gasteiger charge is 1.93. The third-order valence-corrected chi connectivity index (χ3v) is 2.53. The SMILES string of the molecule is O=c1ccccn1CCNCCn1ccnc1. The van der Waals surface area contributed by atoms with Gasteiger partial charge in [-0.3, -0.25) is 4.79 Å². The van der Waals surface area contributed by atoms with Gasteiger partial charge in [0.2, 0.25) is 0 Å². The highest BCUT2D eigenvalue weighted by atomic mass is 16.1. The van der Waals surface area contributed by atoms with Crippen LogP contribution in [-0.4, -0.2) is 27.2 Å². The Morgan fingerprint density at radius 2 is 2.06 bits per heavy atom. The number of imidazole rings is 1. The van der Waals surface area contributed by atoms with Crippen LogP contribution in [0.4, 0.5) is 0 Å². The molecule has 0 saturated heterocycles. The van der Waals surface area contributed by atoms with E-state index < -0.39 is 0 Å². The smallest absolute Gasteiger partial charge is 0.250 e. The summed E-state index contributed by atoms with van der Waals surface area (Å²) in [6.45, 7) is 3.25. The fourth-order valence-corrected chi connectivity index (χ4v) is 1.60. The third kappa shape index (κ3) is 3.57. The molecule has 0 aliphatic rings. The van der Waals surface area contributed by atoms with Crippen molar-refractivity contribution >= 4 is 0 Å². The maximum Gasteiger partial charge on any atom is 0.250 e. The topological polar surface area (TPSA) is 51.9 Å². The van der Waals surface area contributed by atoms with Gasteiger partial charge in [-0.1, -0.05) is 6.07 Å². The van der Waals surface area contributed by atoms with E-state index in [2.05, 4.69) is 10.3 Å². The summed E-state index contributed by atoms with van der Waals surface area (Å²) in [5, 5.41) is 3.29. The van der Waals surface area contributed by atoms with E-state index in [0.29, 0.717) is 6.54 Å². The van der Waals surface area contributed by atoms with E-state index in [1.54, 1.807) is 35.4 Å². The van der Waals surface area contributed by atoms with Crippen molar-refractivity contribution in [3.05, 3.63) is 53.5 Å². The van der Waals surface area contributed by atoms with Crippen molar-refractivity contribution in [2.24, 2.45) is 0 Å². The number of aromatic nitrogens is 3. The van der Waals surface area contributed by atoms with Crippen molar-refractivity contribution in [2.45, 2.75) is 13.1 Å². The first-order valence-corrected chi connectivity index (χ1v) is 5.68. The van der Waals surface area contributed by atoms with Crippen LogP contribution in [0.1, 0.15) is 0 Å². The van der Waals surface area contributed by atoms with Gasteiger partial charge in [0.25, 0.3) is 5.56 Å². The lowest BCUT2D eigenvalue weighted by Crippen LogP contribution is -2.27. The van der Waals surface area contributed by atoms with Gasteiger partial charge in [0, 0.05) is 50.8 Å². The van der Waals surface area contributed by atoms with E-state index in [9.17, 15) is 4.79 Å². The van der Waals surface area contributed by atoms with Gasteiger partial charge >= 0.3 is 0 Å². The average Bonchev–Trinajstić information content (AvgIpc) is 2.84. The number of nitrogens with zero attached hydrogens (tertiary/aromatic N) is 3. The van der Waals surface area contributed by atoms with Crippen LogP contribution in [-0.2, 0) is 13.1 Å². The fraction of sp³-hybridized carbons (Fsp3) is 0.333. The van der Waals surface area contributed by atoms with Crippen molar-refractivity contribution in [1.29, 1.82) is 0 Å². The summed E-state index contributed by atoms with van der Waals surface area (Å²) >= 11 is 0. The van der Waals surface area contributed by atoms with Crippen molar-refractivity contribution in [2.75, 3.05) is 13.1 Å². The zero-order valence-electron chi connectivity index (χ0n) is 9.62. The highest BCUT2D eigenvalue weighted by molar-refractivity contribution is 4.93. The minimum atomic E-state index is 0.0453. The molecule has 5 heteroatoms. The molecule has 0 saturated carbocycles. The fourth-order valence-electron chi connectivity index (χ4n) is 1.60. The van der Waals surface area contributed by atoms with Gasteiger partial charge < -0.3 is 14.5 Å². The normalized spacial score (nSPS) is 10.6. The molecule has 0 aliphatic carbocycles. The zero-order chi connectivity index (χ0) is 11.9. The Kier molecular flexibility index (Phi) is 4.10. The molecule has 0 aromatic carbocycles. The van der Waals surface area contributed by atoms with E-state index in [-0.39, 0.29) is 5.56 Å². The monoisotopic (exact) mass is 232 g/mol. The lowest BCUT2D eigenvalue weighted by atomic mass is 10.4. The average molecular weight is 232 g/mol. The van der Waals surface area contributed by atoms with Crippen LogP contribution < -0.4 is 10.9 Å². The van der Waals surface area contributed by atoms with E-state index in [0.717, 1.165) is 19.6 Å². The molecule has 90 valence electrons. The molecule has 0 bridgehead atoms. The van der Waals surface area contributed by atoms with Crippen LogP contribution in [0.5, 0.6) is 0 Å². The molecule has 0 radical (unpaired) electrons. The second-order valence-electron chi connectivity index (χ2n) is 3.78. The molecular weight excluding hydrogens is 216 g/mol. The van der Waals surface area contributed by atoms with E-state index in [1.807, 2.05) is 16.8 Å². The predicted molar refractivity (Wildman–Crippen MR) is 65.8 cm³/mol.